The van der Waals surface area contributed by atoms with Gasteiger partial charge in [0.25, 0.3) is 5.91 Å². The first kappa shape index (κ1) is 16.6. The van der Waals surface area contributed by atoms with Crippen molar-refractivity contribution in [3.8, 4) is 16.9 Å². The summed E-state index contributed by atoms with van der Waals surface area (Å²) >= 11 is 0. The van der Waals surface area contributed by atoms with Crippen LogP contribution in [0, 0.1) is 12.7 Å². The molecule has 0 saturated heterocycles. The zero-order chi connectivity index (χ0) is 18.8. The van der Waals surface area contributed by atoms with E-state index in [0.717, 1.165) is 11.1 Å². The molecule has 0 atom stereocenters. The maximum Gasteiger partial charge on any atom is 0.274 e. The van der Waals surface area contributed by atoms with Crippen LogP contribution in [0.2, 0.25) is 0 Å². The van der Waals surface area contributed by atoms with E-state index in [2.05, 4.69) is 20.7 Å². The maximum atomic E-state index is 13.2. The molecule has 1 N–H and O–H groups in total. The van der Waals surface area contributed by atoms with Crippen LogP contribution >= 0.6 is 0 Å². The van der Waals surface area contributed by atoms with E-state index in [1.165, 1.54) is 29.5 Å². The van der Waals surface area contributed by atoms with Gasteiger partial charge in [0, 0.05) is 11.8 Å². The Bertz CT molecular complexity index is 1070. The Hall–Kier alpha value is -3.81. The SMILES string of the molecule is Cc1ccc(-c2nn(-c3ccc(F)cc3)cc2C(=O)Nn2cnnc2)cc1. The number of aryl methyl sites for hydroxylation is 1. The van der Waals surface area contributed by atoms with E-state index < -0.39 is 0 Å². The first-order valence-corrected chi connectivity index (χ1v) is 8.19. The van der Waals surface area contributed by atoms with E-state index in [1.807, 2.05) is 31.2 Å². The summed E-state index contributed by atoms with van der Waals surface area (Å²) in [5.41, 5.74) is 6.12. The largest absolute Gasteiger partial charge is 0.274 e. The number of nitrogens with zero attached hydrogens (tertiary/aromatic N) is 5. The fourth-order valence-electron chi connectivity index (χ4n) is 2.63. The van der Waals surface area contributed by atoms with E-state index >= 15 is 0 Å². The first-order chi connectivity index (χ1) is 13.1. The van der Waals surface area contributed by atoms with Crippen LogP contribution in [0.25, 0.3) is 16.9 Å². The van der Waals surface area contributed by atoms with Crippen LogP contribution in [0.4, 0.5) is 4.39 Å². The molecule has 0 radical (unpaired) electrons. The molecule has 0 bridgehead atoms. The summed E-state index contributed by atoms with van der Waals surface area (Å²) in [7, 11) is 0. The number of hydrogen-bond donors (Lipinski definition) is 1. The van der Waals surface area contributed by atoms with E-state index in [0.29, 0.717) is 16.9 Å². The van der Waals surface area contributed by atoms with Crippen LogP contribution in [0.15, 0.2) is 67.4 Å². The third-order valence-electron chi connectivity index (χ3n) is 4.02. The Balaban J connectivity index is 1.78. The summed E-state index contributed by atoms with van der Waals surface area (Å²) in [4.78, 5) is 12.8. The average molecular weight is 362 g/mol. The van der Waals surface area contributed by atoms with Crippen molar-refractivity contribution in [1.29, 1.82) is 0 Å². The van der Waals surface area contributed by atoms with Gasteiger partial charge >= 0.3 is 0 Å². The fourth-order valence-corrected chi connectivity index (χ4v) is 2.63. The Morgan fingerprint density at radius 1 is 1.00 bits per heavy atom. The number of rotatable bonds is 4. The second-order valence-corrected chi connectivity index (χ2v) is 5.99. The fraction of sp³-hybridized carbons (Fsp3) is 0.0526. The molecule has 8 heteroatoms. The Morgan fingerprint density at radius 2 is 1.67 bits per heavy atom. The van der Waals surface area contributed by atoms with Gasteiger partial charge in [-0.1, -0.05) is 29.8 Å². The number of amides is 1. The second kappa shape index (κ2) is 6.83. The lowest BCUT2D eigenvalue weighted by atomic mass is 10.1. The standard InChI is InChI=1S/C19H15FN6O/c1-13-2-4-14(5-3-13)18-17(19(27)24-25-11-21-22-12-25)10-26(23-18)16-8-6-15(20)7-9-16/h2-12H,1H3,(H,24,27). The Morgan fingerprint density at radius 3 is 2.33 bits per heavy atom. The predicted molar refractivity (Wildman–Crippen MR) is 97.4 cm³/mol. The normalized spacial score (nSPS) is 10.7. The van der Waals surface area contributed by atoms with Crippen molar-refractivity contribution in [1.82, 2.24) is 24.7 Å². The number of carbonyl (C=O) groups is 1. The average Bonchev–Trinajstić information content (AvgIpc) is 3.33. The van der Waals surface area contributed by atoms with Gasteiger partial charge in [-0.25, -0.2) is 13.7 Å². The number of nitrogens with one attached hydrogen (secondary N) is 1. The van der Waals surface area contributed by atoms with Gasteiger partial charge in [0.2, 0.25) is 0 Å². The monoisotopic (exact) mass is 362 g/mol. The van der Waals surface area contributed by atoms with Crippen molar-refractivity contribution in [2.75, 3.05) is 5.43 Å². The predicted octanol–water partition coefficient (Wildman–Crippen LogP) is 2.96. The summed E-state index contributed by atoms with van der Waals surface area (Å²) < 4.78 is 16.1. The maximum absolute atomic E-state index is 13.2. The smallest absolute Gasteiger partial charge is 0.267 e. The minimum Gasteiger partial charge on any atom is -0.267 e. The number of aromatic nitrogens is 5. The molecule has 4 aromatic rings. The number of halogens is 1. The third kappa shape index (κ3) is 3.45. The molecule has 1 amide bonds. The van der Waals surface area contributed by atoms with E-state index in [9.17, 15) is 9.18 Å². The van der Waals surface area contributed by atoms with Gasteiger partial charge < -0.3 is 0 Å². The number of benzene rings is 2. The van der Waals surface area contributed by atoms with Crippen molar-refractivity contribution in [2.45, 2.75) is 6.92 Å². The van der Waals surface area contributed by atoms with Crippen molar-refractivity contribution in [3.05, 3.63) is 84.3 Å². The summed E-state index contributed by atoms with van der Waals surface area (Å²) in [5.74, 6) is -0.700. The zero-order valence-electron chi connectivity index (χ0n) is 14.4. The highest BCUT2D eigenvalue weighted by molar-refractivity contribution is 6.04. The molecular weight excluding hydrogens is 347 g/mol. The lowest BCUT2D eigenvalue weighted by Gasteiger charge is -2.05. The summed E-state index contributed by atoms with van der Waals surface area (Å²) in [6.07, 6.45) is 4.38. The quantitative estimate of drug-likeness (QED) is 0.605. The topological polar surface area (TPSA) is 77.6 Å². The minimum atomic E-state index is -0.362. The Labute approximate surface area is 154 Å². The van der Waals surface area contributed by atoms with Crippen LogP contribution in [-0.2, 0) is 0 Å². The van der Waals surface area contributed by atoms with Crippen molar-refractivity contribution >= 4 is 5.91 Å². The third-order valence-corrected chi connectivity index (χ3v) is 4.02. The van der Waals surface area contributed by atoms with Crippen LogP contribution in [0.5, 0.6) is 0 Å². The van der Waals surface area contributed by atoms with E-state index in [1.54, 1.807) is 23.0 Å². The van der Waals surface area contributed by atoms with Crippen LogP contribution in [-0.4, -0.2) is 30.6 Å². The van der Waals surface area contributed by atoms with Crippen molar-refractivity contribution < 1.29 is 9.18 Å². The molecule has 134 valence electrons. The highest BCUT2D eigenvalue weighted by Gasteiger charge is 2.19. The molecule has 0 spiro atoms. The minimum absolute atomic E-state index is 0.338. The van der Waals surface area contributed by atoms with Gasteiger partial charge in [0.15, 0.2) is 0 Å². The summed E-state index contributed by atoms with van der Waals surface area (Å²) in [5, 5.41) is 11.9. The zero-order valence-corrected chi connectivity index (χ0v) is 14.4. The van der Waals surface area contributed by atoms with Crippen LogP contribution in [0.1, 0.15) is 15.9 Å². The molecule has 4 rings (SSSR count). The molecule has 27 heavy (non-hydrogen) atoms. The first-order valence-electron chi connectivity index (χ1n) is 8.19. The van der Waals surface area contributed by atoms with Crippen LogP contribution < -0.4 is 5.43 Å². The van der Waals surface area contributed by atoms with Gasteiger partial charge in [-0.15, -0.1) is 10.2 Å². The molecule has 2 heterocycles. The summed E-state index contributed by atoms with van der Waals surface area (Å²) in [6, 6.07) is 13.6. The van der Waals surface area contributed by atoms with Crippen LogP contribution in [0.3, 0.4) is 0 Å². The van der Waals surface area contributed by atoms with Gasteiger partial charge in [-0.05, 0) is 31.2 Å². The highest BCUT2D eigenvalue weighted by Crippen LogP contribution is 2.24. The molecule has 0 aliphatic rings. The lowest BCUT2D eigenvalue weighted by molar-refractivity contribution is 0.101. The van der Waals surface area contributed by atoms with Gasteiger partial charge in [0.05, 0.1) is 11.3 Å². The molecule has 0 unspecified atom stereocenters. The second-order valence-electron chi connectivity index (χ2n) is 5.99. The highest BCUT2D eigenvalue weighted by atomic mass is 19.1. The van der Waals surface area contributed by atoms with E-state index in [-0.39, 0.29) is 11.7 Å². The lowest BCUT2D eigenvalue weighted by Crippen LogP contribution is -2.21. The number of hydrogen-bond acceptors (Lipinski definition) is 4. The molecule has 0 fully saturated rings. The van der Waals surface area contributed by atoms with Gasteiger partial charge in [-0.3, -0.25) is 10.2 Å². The van der Waals surface area contributed by atoms with E-state index in [4.69, 9.17) is 0 Å². The molecule has 7 nitrogen and oxygen atoms in total. The molecule has 2 aromatic carbocycles. The van der Waals surface area contributed by atoms with Crippen molar-refractivity contribution in [3.63, 3.8) is 0 Å². The van der Waals surface area contributed by atoms with Gasteiger partial charge in [-0.2, -0.15) is 5.10 Å². The molecule has 2 aromatic heterocycles. The summed E-state index contributed by atoms with van der Waals surface area (Å²) in [6.45, 7) is 1.99. The van der Waals surface area contributed by atoms with Gasteiger partial charge in [0.1, 0.15) is 24.2 Å². The van der Waals surface area contributed by atoms with Crippen molar-refractivity contribution in [2.24, 2.45) is 0 Å². The molecule has 0 aliphatic carbocycles. The Kier molecular flexibility index (Phi) is 4.21. The molecular formula is C19H15FN6O. The molecule has 0 saturated carbocycles. The molecule has 0 aliphatic heterocycles. The number of carbonyl (C=O) groups excluding carboxylic acids is 1.